The highest BCUT2D eigenvalue weighted by Crippen LogP contribution is 2.15. The number of carbonyl (C=O) groups is 1. The van der Waals surface area contributed by atoms with E-state index in [1.807, 2.05) is 12.1 Å². The van der Waals surface area contributed by atoms with Crippen LogP contribution in [0.2, 0.25) is 0 Å². The van der Waals surface area contributed by atoms with E-state index in [1.54, 1.807) is 7.05 Å². The van der Waals surface area contributed by atoms with Gasteiger partial charge in [0.05, 0.1) is 6.10 Å². The first kappa shape index (κ1) is 16.4. The topological polar surface area (TPSA) is 44.8 Å². The highest BCUT2D eigenvalue weighted by Gasteiger charge is 2.22. The van der Waals surface area contributed by atoms with Crippen LogP contribution in [-0.4, -0.2) is 68.2 Å². The van der Waals surface area contributed by atoms with Crippen molar-refractivity contribution in [3.05, 3.63) is 35.4 Å². The molecule has 2 heterocycles. The van der Waals surface area contributed by atoms with E-state index >= 15 is 0 Å². The van der Waals surface area contributed by atoms with E-state index in [0.717, 1.165) is 51.4 Å². The van der Waals surface area contributed by atoms with Gasteiger partial charge in [0.15, 0.2) is 0 Å². The third-order valence-electron chi connectivity index (χ3n) is 4.80. The van der Waals surface area contributed by atoms with Gasteiger partial charge in [0, 0.05) is 58.5 Å². The normalized spacial score (nSPS) is 23.1. The summed E-state index contributed by atoms with van der Waals surface area (Å²) in [5.74, 6) is -0.0284. The van der Waals surface area contributed by atoms with E-state index in [-0.39, 0.29) is 5.91 Å². The fraction of sp³-hybridized carbons (Fsp3) is 0.611. The maximum atomic E-state index is 11.6. The summed E-state index contributed by atoms with van der Waals surface area (Å²) < 4.78 is 5.73. The third-order valence-corrected chi connectivity index (χ3v) is 4.80. The molecule has 1 aromatic rings. The summed E-state index contributed by atoms with van der Waals surface area (Å²) in [6.07, 6.45) is 2.90. The number of hydrogen-bond donors (Lipinski definition) is 1. The minimum atomic E-state index is -0.0284. The minimum Gasteiger partial charge on any atom is -0.377 e. The quantitative estimate of drug-likeness (QED) is 0.890. The number of piperazine rings is 1. The van der Waals surface area contributed by atoms with Gasteiger partial charge in [-0.3, -0.25) is 14.6 Å². The second-order valence-corrected chi connectivity index (χ2v) is 6.49. The number of ether oxygens (including phenoxy) is 1. The first-order valence-corrected chi connectivity index (χ1v) is 8.62. The van der Waals surface area contributed by atoms with Crippen LogP contribution in [0.1, 0.15) is 28.8 Å². The summed E-state index contributed by atoms with van der Waals surface area (Å²) in [6.45, 7) is 7.44. The van der Waals surface area contributed by atoms with Gasteiger partial charge in [0.2, 0.25) is 0 Å². The summed E-state index contributed by atoms with van der Waals surface area (Å²) in [5.41, 5.74) is 1.99. The van der Waals surface area contributed by atoms with Gasteiger partial charge in [-0.15, -0.1) is 0 Å². The first-order chi connectivity index (χ1) is 11.2. The Kier molecular flexibility index (Phi) is 5.65. The molecule has 2 saturated heterocycles. The van der Waals surface area contributed by atoms with E-state index in [0.29, 0.717) is 6.10 Å². The zero-order valence-electron chi connectivity index (χ0n) is 14.0. The Morgan fingerprint density at radius 1 is 1.17 bits per heavy atom. The largest absolute Gasteiger partial charge is 0.377 e. The SMILES string of the molecule is CNC(=O)c1ccc(CN2CCN(CC3CCCO3)CC2)cc1. The van der Waals surface area contributed by atoms with Gasteiger partial charge < -0.3 is 10.1 Å². The average Bonchev–Trinajstić information content (AvgIpc) is 3.10. The molecule has 126 valence electrons. The molecule has 1 N–H and O–H groups in total. The van der Waals surface area contributed by atoms with Crippen LogP contribution in [0.3, 0.4) is 0 Å². The number of hydrogen-bond acceptors (Lipinski definition) is 4. The van der Waals surface area contributed by atoms with Crippen molar-refractivity contribution in [1.82, 2.24) is 15.1 Å². The van der Waals surface area contributed by atoms with E-state index in [1.165, 1.54) is 18.4 Å². The lowest BCUT2D eigenvalue weighted by molar-refractivity contribution is 0.0489. The molecule has 0 saturated carbocycles. The molecule has 0 aliphatic carbocycles. The molecule has 2 aliphatic rings. The lowest BCUT2D eigenvalue weighted by atomic mass is 10.1. The molecule has 2 fully saturated rings. The van der Waals surface area contributed by atoms with Crippen molar-refractivity contribution in [2.45, 2.75) is 25.5 Å². The molecule has 0 radical (unpaired) electrons. The number of nitrogens with zero attached hydrogens (tertiary/aromatic N) is 2. The fourth-order valence-corrected chi connectivity index (χ4v) is 3.37. The molecule has 3 rings (SSSR count). The van der Waals surface area contributed by atoms with E-state index < -0.39 is 0 Å². The average molecular weight is 317 g/mol. The second-order valence-electron chi connectivity index (χ2n) is 6.49. The number of carbonyl (C=O) groups excluding carboxylic acids is 1. The summed E-state index contributed by atoms with van der Waals surface area (Å²) in [5, 5.41) is 2.65. The minimum absolute atomic E-state index is 0.0284. The van der Waals surface area contributed by atoms with Gasteiger partial charge >= 0.3 is 0 Å². The van der Waals surface area contributed by atoms with Crippen LogP contribution >= 0.6 is 0 Å². The van der Waals surface area contributed by atoms with Crippen molar-refractivity contribution in [2.75, 3.05) is 46.4 Å². The van der Waals surface area contributed by atoms with Crippen LogP contribution in [0.5, 0.6) is 0 Å². The van der Waals surface area contributed by atoms with Gasteiger partial charge in [-0.2, -0.15) is 0 Å². The van der Waals surface area contributed by atoms with Crippen LogP contribution in [0.25, 0.3) is 0 Å². The lowest BCUT2D eigenvalue weighted by Gasteiger charge is -2.35. The number of nitrogens with one attached hydrogen (secondary N) is 1. The molecule has 1 aromatic carbocycles. The summed E-state index contributed by atoms with van der Waals surface area (Å²) in [6, 6.07) is 7.93. The highest BCUT2D eigenvalue weighted by molar-refractivity contribution is 5.93. The Bertz CT molecular complexity index is 504. The lowest BCUT2D eigenvalue weighted by Crippen LogP contribution is -2.48. The van der Waals surface area contributed by atoms with Gasteiger partial charge in [-0.1, -0.05) is 12.1 Å². The van der Waals surface area contributed by atoms with Gasteiger partial charge in [0.1, 0.15) is 0 Å². The first-order valence-electron chi connectivity index (χ1n) is 8.62. The molecule has 1 amide bonds. The van der Waals surface area contributed by atoms with Crippen LogP contribution < -0.4 is 5.32 Å². The van der Waals surface area contributed by atoms with Gasteiger partial charge in [-0.05, 0) is 30.5 Å². The Morgan fingerprint density at radius 2 is 1.87 bits per heavy atom. The monoisotopic (exact) mass is 317 g/mol. The van der Waals surface area contributed by atoms with E-state index in [4.69, 9.17) is 4.74 Å². The molecule has 1 unspecified atom stereocenters. The highest BCUT2D eigenvalue weighted by atomic mass is 16.5. The van der Waals surface area contributed by atoms with E-state index in [2.05, 4.69) is 27.2 Å². The Hall–Kier alpha value is -1.43. The van der Waals surface area contributed by atoms with Crippen LogP contribution in [0, 0.1) is 0 Å². The maximum absolute atomic E-state index is 11.6. The molecule has 1 atom stereocenters. The number of rotatable bonds is 5. The number of benzene rings is 1. The fourth-order valence-electron chi connectivity index (χ4n) is 3.37. The summed E-state index contributed by atoms with van der Waals surface area (Å²) in [7, 11) is 1.66. The predicted octanol–water partition coefficient (Wildman–Crippen LogP) is 1.34. The zero-order valence-corrected chi connectivity index (χ0v) is 14.0. The van der Waals surface area contributed by atoms with Crippen LogP contribution in [-0.2, 0) is 11.3 Å². The molecular weight excluding hydrogens is 290 g/mol. The smallest absolute Gasteiger partial charge is 0.251 e. The van der Waals surface area contributed by atoms with Crippen molar-refractivity contribution in [2.24, 2.45) is 0 Å². The molecule has 5 heteroatoms. The zero-order chi connectivity index (χ0) is 16.1. The Labute approximate surface area is 138 Å². The van der Waals surface area contributed by atoms with Crippen LogP contribution in [0.15, 0.2) is 24.3 Å². The third kappa shape index (κ3) is 4.53. The molecule has 0 bridgehead atoms. The Balaban J connectivity index is 1.44. The predicted molar refractivity (Wildman–Crippen MR) is 90.5 cm³/mol. The molecule has 0 spiro atoms. The number of amides is 1. The van der Waals surface area contributed by atoms with Crippen molar-refractivity contribution < 1.29 is 9.53 Å². The Morgan fingerprint density at radius 3 is 2.48 bits per heavy atom. The summed E-state index contributed by atoms with van der Waals surface area (Å²) in [4.78, 5) is 16.6. The molecule has 5 nitrogen and oxygen atoms in total. The van der Waals surface area contributed by atoms with Crippen molar-refractivity contribution in [3.8, 4) is 0 Å². The van der Waals surface area contributed by atoms with Crippen molar-refractivity contribution >= 4 is 5.91 Å². The summed E-state index contributed by atoms with van der Waals surface area (Å²) >= 11 is 0. The molecular formula is C18H27N3O2. The van der Waals surface area contributed by atoms with Crippen molar-refractivity contribution in [1.29, 1.82) is 0 Å². The van der Waals surface area contributed by atoms with Gasteiger partial charge in [0.25, 0.3) is 5.91 Å². The van der Waals surface area contributed by atoms with Gasteiger partial charge in [-0.25, -0.2) is 0 Å². The standard InChI is InChI=1S/C18H27N3O2/c1-19-18(22)16-6-4-15(5-7-16)13-20-8-10-21(11-9-20)14-17-3-2-12-23-17/h4-7,17H,2-3,8-14H2,1H3,(H,19,22). The van der Waals surface area contributed by atoms with Crippen LogP contribution in [0.4, 0.5) is 0 Å². The second kappa shape index (κ2) is 7.90. The van der Waals surface area contributed by atoms with Crippen molar-refractivity contribution in [3.63, 3.8) is 0 Å². The van der Waals surface area contributed by atoms with E-state index in [9.17, 15) is 4.79 Å². The molecule has 2 aliphatic heterocycles. The molecule has 23 heavy (non-hydrogen) atoms. The maximum Gasteiger partial charge on any atom is 0.251 e. The molecule has 0 aromatic heterocycles.